The van der Waals surface area contributed by atoms with E-state index in [1.165, 1.54) is 0 Å². The van der Waals surface area contributed by atoms with Crippen LogP contribution in [-0.2, 0) is 10.5 Å². The number of carbonyl (C=O) groups is 1. The van der Waals surface area contributed by atoms with Crippen LogP contribution in [0, 0.1) is 5.41 Å². The Morgan fingerprint density at radius 1 is 1.24 bits per heavy atom. The Morgan fingerprint density at radius 2 is 2.00 bits per heavy atom. The molecule has 1 atom stereocenters. The van der Waals surface area contributed by atoms with Crippen molar-refractivity contribution in [1.82, 2.24) is 4.90 Å². The summed E-state index contributed by atoms with van der Waals surface area (Å²) in [6.07, 6.45) is 19.3. The van der Waals surface area contributed by atoms with E-state index in [2.05, 4.69) is 43.7 Å². The van der Waals surface area contributed by atoms with Crippen LogP contribution in [0.15, 0.2) is 95.1 Å². The molecule has 5 heteroatoms. The van der Waals surface area contributed by atoms with Gasteiger partial charge in [-0.3, -0.25) is 9.69 Å². The number of rotatable bonds is 14. The normalized spacial score (nSPS) is 19.1. The molecule has 1 fully saturated rings. The van der Waals surface area contributed by atoms with Gasteiger partial charge >= 0.3 is 0 Å². The third-order valence-electron chi connectivity index (χ3n) is 7.43. The molecule has 0 heterocycles. The third-order valence-corrected chi connectivity index (χ3v) is 7.71. The van der Waals surface area contributed by atoms with Gasteiger partial charge in [0, 0.05) is 29.3 Å². The molecule has 1 N–H and O–H groups in total. The number of hydrogen-bond acceptors (Lipinski definition) is 4. The van der Waals surface area contributed by atoms with Gasteiger partial charge in [-0.2, -0.15) is 0 Å². The van der Waals surface area contributed by atoms with E-state index >= 15 is 0 Å². The highest BCUT2D eigenvalue weighted by Gasteiger charge is 2.48. The number of benzene rings is 1. The van der Waals surface area contributed by atoms with Crippen LogP contribution in [0.2, 0.25) is 0 Å². The molecule has 0 spiro atoms. The number of nitrogens with zero attached hydrogens (tertiary/aromatic N) is 1. The van der Waals surface area contributed by atoms with Crippen molar-refractivity contribution in [3.05, 3.63) is 106 Å². The molecule has 0 amide bonds. The molecule has 0 saturated heterocycles. The molecular weight excluding hydrogens is 482 g/mol. The Kier molecular flexibility index (Phi) is 10.5. The second kappa shape index (κ2) is 13.3. The van der Waals surface area contributed by atoms with Crippen molar-refractivity contribution in [2.45, 2.75) is 51.7 Å². The number of likely N-dealkylation sites (N-methyl/N-ethyl adjacent to an activating group) is 1. The van der Waals surface area contributed by atoms with Gasteiger partial charge in [0.1, 0.15) is 0 Å². The van der Waals surface area contributed by atoms with Crippen molar-refractivity contribution in [2.75, 3.05) is 26.8 Å². The number of ether oxygens (including phenoxy) is 1. The molecule has 1 unspecified atom stereocenters. The standard InChI is InChI=1S/C32H40ClNO3/c1-5-25(3)14-16-28(6-2)32(30-13-8-7-11-27(30)23-36,37-24-31(18-19-31)20-21-35)34(4)22-26-10-9-12-29(33)17-15-26/h5,7-8,10-17,23,35H,1,6,9,18-22,24H2,2-4H3/b25-14-,28-16+. The van der Waals surface area contributed by atoms with Crippen LogP contribution in [0.25, 0.3) is 0 Å². The minimum absolute atomic E-state index is 0.0262. The zero-order chi connectivity index (χ0) is 26.9. The lowest BCUT2D eigenvalue weighted by Crippen LogP contribution is -2.50. The zero-order valence-electron chi connectivity index (χ0n) is 22.4. The lowest BCUT2D eigenvalue weighted by atomic mass is 9.86. The van der Waals surface area contributed by atoms with E-state index in [1.54, 1.807) is 0 Å². The van der Waals surface area contributed by atoms with Gasteiger partial charge in [-0.25, -0.2) is 0 Å². The molecule has 0 aromatic heterocycles. The Hall–Kier alpha value is -2.50. The van der Waals surface area contributed by atoms with Crippen LogP contribution in [0.4, 0.5) is 0 Å². The highest BCUT2D eigenvalue weighted by Crippen LogP contribution is 2.51. The van der Waals surface area contributed by atoms with Gasteiger partial charge in [-0.05, 0) is 68.7 Å². The van der Waals surface area contributed by atoms with Gasteiger partial charge in [0.15, 0.2) is 12.0 Å². The Bertz CT molecular complexity index is 1120. The number of aldehydes is 1. The van der Waals surface area contributed by atoms with E-state index in [-0.39, 0.29) is 12.0 Å². The van der Waals surface area contributed by atoms with Gasteiger partial charge in [0.2, 0.25) is 0 Å². The smallest absolute Gasteiger partial charge is 0.171 e. The van der Waals surface area contributed by atoms with E-state index in [0.29, 0.717) is 31.6 Å². The molecule has 0 aliphatic heterocycles. The predicted octanol–water partition coefficient (Wildman–Crippen LogP) is 7.24. The van der Waals surface area contributed by atoms with Crippen LogP contribution in [0.5, 0.6) is 0 Å². The fourth-order valence-corrected chi connectivity index (χ4v) is 5.02. The van der Waals surface area contributed by atoms with Crippen LogP contribution >= 0.6 is 11.6 Å². The molecule has 37 heavy (non-hydrogen) atoms. The van der Waals surface area contributed by atoms with Crippen molar-refractivity contribution in [2.24, 2.45) is 5.41 Å². The largest absolute Gasteiger partial charge is 0.396 e. The number of aliphatic hydroxyl groups excluding tert-OH is 1. The van der Waals surface area contributed by atoms with E-state index < -0.39 is 5.72 Å². The van der Waals surface area contributed by atoms with Crippen molar-refractivity contribution in [3.63, 3.8) is 0 Å². The van der Waals surface area contributed by atoms with Crippen molar-refractivity contribution >= 4 is 17.9 Å². The minimum atomic E-state index is -0.993. The summed E-state index contributed by atoms with van der Waals surface area (Å²) in [6, 6.07) is 7.69. The van der Waals surface area contributed by atoms with Gasteiger partial charge in [-0.15, -0.1) is 0 Å². The number of hydrogen-bond donors (Lipinski definition) is 1. The predicted molar refractivity (Wildman–Crippen MR) is 154 cm³/mol. The maximum absolute atomic E-state index is 12.3. The zero-order valence-corrected chi connectivity index (χ0v) is 23.1. The molecule has 4 nitrogen and oxygen atoms in total. The summed E-state index contributed by atoms with van der Waals surface area (Å²) in [5.41, 5.74) is 3.60. The molecular formula is C32H40ClNO3. The van der Waals surface area contributed by atoms with E-state index in [9.17, 15) is 9.90 Å². The summed E-state index contributed by atoms with van der Waals surface area (Å²) in [5.74, 6) is 0. The van der Waals surface area contributed by atoms with E-state index in [1.807, 2.05) is 55.5 Å². The topological polar surface area (TPSA) is 49.8 Å². The summed E-state index contributed by atoms with van der Waals surface area (Å²) in [4.78, 5) is 14.5. The fourth-order valence-electron chi connectivity index (χ4n) is 4.87. The molecule has 0 radical (unpaired) electrons. The molecule has 198 valence electrons. The first-order valence-corrected chi connectivity index (χ1v) is 13.5. The molecule has 1 aromatic rings. The fraction of sp³-hybridized carbons (Fsp3) is 0.406. The molecule has 2 aliphatic rings. The van der Waals surface area contributed by atoms with Crippen LogP contribution < -0.4 is 0 Å². The van der Waals surface area contributed by atoms with Gasteiger partial charge < -0.3 is 9.84 Å². The lowest BCUT2D eigenvalue weighted by Gasteiger charge is -2.45. The van der Waals surface area contributed by atoms with Crippen LogP contribution in [-0.4, -0.2) is 43.1 Å². The molecule has 1 saturated carbocycles. The molecule has 3 rings (SSSR count). The Labute approximate surface area is 227 Å². The van der Waals surface area contributed by atoms with Gasteiger partial charge in [0.05, 0.1) is 6.61 Å². The highest BCUT2D eigenvalue weighted by atomic mass is 35.5. The van der Waals surface area contributed by atoms with Crippen molar-refractivity contribution in [3.8, 4) is 0 Å². The van der Waals surface area contributed by atoms with Gasteiger partial charge in [-0.1, -0.05) is 91.4 Å². The van der Waals surface area contributed by atoms with Gasteiger partial charge in [0.25, 0.3) is 0 Å². The average molecular weight is 522 g/mol. The maximum atomic E-state index is 12.3. The number of carbonyl (C=O) groups excluding carboxylic acids is 1. The second-order valence-corrected chi connectivity index (χ2v) is 10.5. The van der Waals surface area contributed by atoms with Crippen molar-refractivity contribution < 1.29 is 14.6 Å². The Balaban J connectivity index is 2.19. The van der Waals surface area contributed by atoms with E-state index in [4.69, 9.17) is 16.3 Å². The number of aliphatic hydroxyl groups is 1. The quantitative estimate of drug-likeness (QED) is 0.159. The van der Waals surface area contributed by atoms with E-state index in [0.717, 1.165) is 52.9 Å². The number of halogens is 1. The lowest BCUT2D eigenvalue weighted by molar-refractivity contribution is -0.140. The van der Waals surface area contributed by atoms with Crippen molar-refractivity contribution in [1.29, 1.82) is 0 Å². The summed E-state index contributed by atoms with van der Waals surface area (Å²) in [5, 5.41) is 10.4. The minimum Gasteiger partial charge on any atom is -0.396 e. The van der Waals surface area contributed by atoms with Crippen LogP contribution in [0.3, 0.4) is 0 Å². The second-order valence-electron chi connectivity index (χ2n) is 10.1. The molecule has 0 bridgehead atoms. The number of allylic oxidation sites excluding steroid dienone is 8. The Morgan fingerprint density at radius 3 is 2.65 bits per heavy atom. The summed E-state index contributed by atoms with van der Waals surface area (Å²) in [7, 11) is 2.05. The maximum Gasteiger partial charge on any atom is 0.171 e. The SMILES string of the molecule is C=C/C(C)=C\C=C(/CC)C(OCC1(CCO)CC1)(c1ccccc1C=O)N(C)CC1=CCC=C(Cl)C=C1. The summed E-state index contributed by atoms with van der Waals surface area (Å²) < 4.78 is 7.06. The average Bonchev–Trinajstić information content (AvgIpc) is 3.71. The first kappa shape index (κ1) is 29.1. The highest BCUT2D eigenvalue weighted by molar-refractivity contribution is 6.31. The monoisotopic (exact) mass is 521 g/mol. The molecule has 1 aromatic carbocycles. The first-order valence-electron chi connectivity index (χ1n) is 13.1. The summed E-state index contributed by atoms with van der Waals surface area (Å²) in [6.45, 7) is 9.26. The first-order chi connectivity index (χ1) is 17.8. The third kappa shape index (κ3) is 7.08. The van der Waals surface area contributed by atoms with Crippen LogP contribution in [0.1, 0.15) is 61.9 Å². The molecule has 2 aliphatic carbocycles. The summed E-state index contributed by atoms with van der Waals surface area (Å²) >= 11 is 6.26.